The van der Waals surface area contributed by atoms with Crippen LogP contribution in [0, 0.1) is 0 Å². The molecule has 1 aliphatic heterocycles. The van der Waals surface area contributed by atoms with Crippen molar-refractivity contribution in [2.45, 2.75) is 0 Å². The molecule has 0 unspecified atom stereocenters. The summed E-state index contributed by atoms with van der Waals surface area (Å²) in [6.45, 7) is 2.09. The molecule has 3 heterocycles. The molecule has 2 aromatic heterocycles. The number of morpholine rings is 1. The van der Waals surface area contributed by atoms with Gasteiger partial charge in [0, 0.05) is 30.9 Å². The summed E-state index contributed by atoms with van der Waals surface area (Å²) >= 11 is 0. The van der Waals surface area contributed by atoms with E-state index >= 15 is 0 Å². The van der Waals surface area contributed by atoms with Crippen LogP contribution < -0.4 is 15.8 Å². The van der Waals surface area contributed by atoms with Gasteiger partial charge in [-0.2, -0.15) is 15.0 Å². The van der Waals surface area contributed by atoms with Gasteiger partial charge in [0.1, 0.15) is 6.54 Å². The van der Waals surface area contributed by atoms with Crippen molar-refractivity contribution in [3.05, 3.63) is 28.7 Å². The predicted molar refractivity (Wildman–Crippen MR) is 85.0 cm³/mol. The molecule has 2 aromatic rings. The number of H-pyrrole nitrogens is 1. The minimum absolute atomic E-state index is 0.162. The number of carbonyl (C=O) groups is 1. The lowest BCUT2D eigenvalue weighted by atomic mass is 10.3. The minimum Gasteiger partial charge on any atom is -0.480 e. The van der Waals surface area contributed by atoms with Crippen LogP contribution in [0.1, 0.15) is 0 Å². The maximum atomic E-state index is 11.2. The molecular formula is C14H16N6O4. The third-order valence-corrected chi connectivity index (χ3v) is 3.36. The Bertz CT molecular complexity index is 767. The van der Waals surface area contributed by atoms with Gasteiger partial charge < -0.3 is 25.0 Å². The summed E-state index contributed by atoms with van der Waals surface area (Å²) < 4.78 is 5.31. The SMILES string of the molecule is O=C(O)CNc1nc(-c2ccc(=O)[nH]c2)nc(N2CCOCC2)n1. The average Bonchev–Trinajstić information content (AvgIpc) is 2.61. The van der Waals surface area contributed by atoms with Crippen LogP contribution in [0.4, 0.5) is 11.9 Å². The lowest BCUT2D eigenvalue weighted by Gasteiger charge is -2.27. The molecule has 0 atom stereocenters. The highest BCUT2D eigenvalue weighted by Crippen LogP contribution is 2.19. The van der Waals surface area contributed by atoms with E-state index in [1.165, 1.54) is 12.3 Å². The number of carboxylic acid groups (broad SMARTS) is 1. The largest absolute Gasteiger partial charge is 0.480 e. The first kappa shape index (κ1) is 15.9. The van der Waals surface area contributed by atoms with Gasteiger partial charge in [-0.15, -0.1) is 0 Å². The van der Waals surface area contributed by atoms with E-state index in [1.807, 2.05) is 4.90 Å². The fraction of sp³-hybridized carbons (Fsp3) is 0.357. The standard InChI is InChI=1S/C14H16N6O4/c21-10-2-1-9(7-15-10)12-17-13(16-8-11(22)23)19-14(18-12)20-3-5-24-6-4-20/h1-2,7H,3-6,8H2,(H,15,21)(H,22,23)(H,16,17,18,19). The first-order valence-corrected chi connectivity index (χ1v) is 7.35. The van der Waals surface area contributed by atoms with Crippen molar-refractivity contribution < 1.29 is 14.6 Å². The van der Waals surface area contributed by atoms with Gasteiger partial charge in [-0.05, 0) is 6.07 Å². The zero-order valence-corrected chi connectivity index (χ0v) is 12.7. The van der Waals surface area contributed by atoms with Gasteiger partial charge >= 0.3 is 5.97 Å². The second-order valence-corrected chi connectivity index (χ2v) is 5.07. The van der Waals surface area contributed by atoms with Crippen LogP contribution in [0.25, 0.3) is 11.4 Å². The quantitative estimate of drug-likeness (QED) is 0.666. The zero-order chi connectivity index (χ0) is 16.9. The van der Waals surface area contributed by atoms with Crippen LogP contribution in [0.2, 0.25) is 0 Å². The molecule has 3 N–H and O–H groups in total. The minimum atomic E-state index is -1.02. The zero-order valence-electron chi connectivity index (χ0n) is 12.7. The normalized spacial score (nSPS) is 14.4. The van der Waals surface area contributed by atoms with E-state index in [4.69, 9.17) is 9.84 Å². The Morgan fingerprint density at radius 1 is 1.29 bits per heavy atom. The number of aromatic amines is 1. The van der Waals surface area contributed by atoms with E-state index in [1.54, 1.807) is 6.07 Å². The van der Waals surface area contributed by atoms with Crippen molar-refractivity contribution in [1.29, 1.82) is 0 Å². The van der Waals surface area contributed by atoms with Gasteiger partial charge in [0.15, 0.2) is 5.82 Å². The second-order valence-electron chi connectivity index (χ2n) is 5.07. The molecule has 10 nitrogen and oxygen atoms in total. The monoisotopic (exact) mass is 332 g/mol. The molecule has 0 aliphatic carbocycles. The van der Waals surface area contributed by atoms with Gasteiger partial charge in [0.05, 0.1) is 13.2 Å². The number of nitrogens with one attached hydrogen (secondary N) is 2. The molecule has 10 heteroatoms. The van der Waals surface area contributed by atoms with Crippen molar-refractivity contribution in [2.24, 2.45) is 0 Å². The molecule has 126 valence electrons. The molecule has 0 spiro atoms. The van der Waals surface area contributed by atoms with Crippen LogP contribution in [0.5, 0.6) is 0 Å². The van der Waals surface area contributed by atoms with E-state index in [-0.39, 0.29) is 18.1 Å². The molecule has 1 saturated heterocycles. The van der Waals surface area contributed by atoms with Crippen molar-refractivity contribution in [1.82, 2.24) is 19.9 Å². The number of ether oxygens (including phenoxy) is 1. The van der Waals surface area contributed by atoms with Gasteiger partial charge in [-0.1, -0.05) is 0 Å². The maximum absolute atomic E-state index is 11.2. The molecule has 0 amide bonds. The number of pyridine rings is 1. The summed E-state index contributed by atoms with van der Waals surface area (Å²) in [4.78, 5) is 39.4. The lowest BCUT2D eigenvalue weighted by molar-refractivity contribution is -0.134. The number of hydrogen-bond donors (Lipinski definition) is 3. The molecule has 24 heavy (non-hydrogen) atoms. The number of aromatic nitrogens is 4. The number of anilines is 2. The molecule has 1 aliphatic rings. The molecular weight excluding hydrogens is 316 g/mol. The van der Waals surface area contributed by atoms with E-state index in [0.717, 1.165) is 0 Å². The van der Waals surface area contributed by atoms with Crippen LogP contribution >= 0.6 is 0 Å². The Labute approximate surface area is 136 Å². The Morgan fingerprint density at radius 3 is 2.75 bits per heavy atom. The van der Waals surface area contributed by atoms with Crippen LogP contribution in [0.15, 0.2) is 23.1 Å². The fourth-order valence-corrected chi connectivity index (χ4v) is 2.18. The van der Waals surface area contributed by atoms with Gasteiger partial charge in [-0.3, -0.25) is 9.59 Å². The Balaban J connectivity index is 1.96. The summed E-state index contributed by atoms with van der Waals surface area (Å²) in [5, 5.41) is 11.5. The Morgan fingerprint density at radius 2 is 2.08 bits per heavy atom. The highest BCUT2D eigenvalue weighted by molar-refractivity contribution is 5.72. The van der Waals surface area contributed by atoms with Crippen molar-refractivity contribution in [3.8, 4) is 11.4 Å². The lowest BCUT2D eigenvalue weighted by Crippen LogP contribution is -2.37. The first-order valence-electron chi connectivity index (χ1n) is 7.35. The van der Waals surface area contributed by atoms with Crippen molar-refractivity contribution in [3.63, 3.8) is 0 Å². The van der Waals surface area contributed by atoms with Gasteiger partial charge in [-0.25, -0.2) is 0 Å². The summed E-state index contributed by atoms with van der Waals surface area (Å²) in [6, 6.07) is 2.97. The second kappa shape index (κ2) is 7.04. The third kappa shape index (κ3) is 3.84. The number of hydrogen-bond acceptors (Lipinski definition) is 8. The topological polar surface area (TPSA) is 133 Å². The highest BCUT2D eigenvalue weighted by atomic mass is 16.5. The maximum Gasteiger partial charge on any atom is 0.322 e. The molecule has 0 radical (unpaired) electrons. The molecule has 3 rings (SSSR count). The first-order chi connectivity index (χ1) is 11.6. The molecule has 0 bridgehead atoms. The highest BCUT2D eigenvalue weighted by Gasteiger charge is 2.17. The van der Waals surface area contributed by atoms with E-state index in [0.29, 0.717) is 43.6 Å². The summed E-state index contributed by atoms with van der Waals surface area (Å²) in [6.07, 6.45) is 1.50. The van der Waals surface area contributed by atoms with Gasteiger partial charge in [0.2, 0.25) is 17.5 Å². The number of rotatable bonds is 5. The molecule has 0 saturated carbocycles. The van der Waals surface area contributed by atoms with Crippen molar-refractivity contribution >= 4 is 17.9 Å². The summed E-state index contributed by atoms with van der Waals surface area (Å²) in [5.41, 5.74) is 0.371. The Hall–Kier alpha value is -3.01. The number of nitrogens with zero attached hydrogens (tertiary/aromatic N) is 4. The van der Waals surface area contributed by atoms with Crippen LogP contribution in [0.3, 0.4) is 0 Å². The Kier molecular flexibility index (Phi) is 4.66. The van der Waals surface area contributed by atoms with E-state index < -0.39 is 5.97 Å². The third-order valence-electron chi connectivity index (χ3n) is 3.36. The van der Waals surface area contributed by atoms with Crippen LogP contribution in [-0.4, -0.2) is 63.9 Å². The smallest absolute Gasteiger partial charge is 0.322 e. The molecule has 1 fully saturated rings. The van der Waals surface area contributed by atoms with Crippen molar-refractivity contribution in [2.75, 3.05) is 43.1 Å². The number of carboxylic acids is 1. The van der Waals surface area contributed by atoms with Gasteiger partial charge in [0.25, 0.3) is 0 Å². The average molecular weight is 332 g/mol. The summed E-state index contributed by atoms with van der Waals surface area (Å²) in [5.74, 6) is -0.0814. The number of aliphatic carboxylic acids is 1. The molecule has 0 aromatic carbocycles. The summed E-state index contributed by atoms with van der Waals surface area (Å²) in [7, 11) is 0. The van der Waals surface area contributed by atoms with Crippen LogP contribution in [-0.2, 0) is 9.53 Å². The van der Waals surface area contributed by atoms with E-state index in [9.17, 15) is 9.59 Å². The predicted octanol–water partition coefficient (Wildman–Crippen LogP) is -0.440. The van der Waals surface area contributed by atoms with E-state index in [2.05, 4.69) is 25.3 Å². The fourth-order valence-electron chi connectivity index (χ4n) is 2.18.